The van der Waals surface area contributed by atoms with Gasteiger partial charge in [-0.25, -0.2) is 4.39 Å². The topological polar surface area (TPSA) is 49.3 Å². The first-order valence-corrected chi connectivity index (χ1v) is 6.60. The first-order valence-electron chi connectivity index (χ1n) is 6.60. The molecule has 0 aliphatic heterocycles. The van der Waals surface area contributed by atoms with Crippen molar-refractivity contribution in [1.82, 2.24) is 5.32 Å². The summed E-state index contributed by atoms with van der Waals surface area (Å²) in [5.41, 5.74) is -1.69. The van der Waals surface area contributed by atoms with Gasteiger partial charge in [0.1, 0.15) is 5.82 Å². The predicted octanol–water partition coefficient (Wildman–Crippen LogP) is 2.74. The van der Waals surface area contributed by atoms with E-state index < -0.39 is 35.1 Å². The maximum Gasteiger partial charge on any atom is 0.416 e. The van der Waals surface area contributed by atoms with Gasteiger partial charge < -0.3 is 10.4 Å². The fourth-order valence-electron chi connectivity index (χ4n) is 2.44. The molecule has 2 atom stereocenters. The molecule has 0 heterocycles. The van der Waals surface area contributed by atoms with Crippen LogP contribution in [0.3, 0.4) is 0 Å². The molecule has 2 unspecified atom stereocenters. The van der Waals surface area contributed by atoms with E-state index in [-0.39, 0.29) is 12.5 Å². The quantitative estimate of drug-likeness (QED) is 0.844. The van der Waals surface area contributed by atoms with Crippen LogP contribution in [0.5, 0.6) is 0 Å². The summed E-state index contributed by atoms with van der Waals surface area (Å²) in [4.78, 5) is 11.8. The molecular weight excluding hydrogens is 290 g/mol. The Hall–Kier alpha value is -1.63. The van der Waals surface area contributed by atoms with Crippen molar-refractivity contribution in [3.63, 3.8) is 0 Å². The summed E-state index contributed by atoms with van der Waals surface area (Å²) < 4.78 is 51.2. The number of carbonyl (C=O) groups excluding carboxylic acids is 1. The number of benzene rings is 1. The molecule has 116 valence electrons. The third kappa shape index (κ3) is 3.93. The van der Waals surface area contributed by atoms with Gasteiger partial charge in [-0.05, 0) is 43.4 Å². The number of alkyl halides is 3. The number of nitrogens with one attached hydrogen (secondary N) is 1. The Kier molecular flexibility index (Phi) is 4.51. The van der Waals surface area contributed by atoms with Crippen molar-refractivity contribution in [2.24, 2.45) is 5.92 Å². The standard InChI is InChI=1S/C14H15F4NO2/c15-12-4-2-9(14(16,17)18)6-11(12)13(21)19-7-8-1-3-10(20)5-8/h2,4,6,8,10,20H,1,3,5,7H2,(H,19,21). The minimum Gasteiger partial charge on any atom is -0.393 e. The van der Waals surface area contributed by atoms with Crippen LogP contribution in [0.15, 0.2) is 18.2 Å². The monoisotopic (exact) mass is 305 g/mol. The maximum atomic E-state index is 13.5. The Labute approximate surface area is 119 Å². The van der Waals surface area contributed by atoms with Gasteiger partial charge in [-0.3, -0.25) is 4.79 Å². The van der Waals surface area contributed by atoms with Crippen LogP contribution in [-0.4, -0.2) is 23.7 Å². The van der Waals surface area contributed by atoms with E-state index in [0.29, 0.717) is 31.0 Å². The Bertz CT molecular complexity index is 530. The maximum absolute atomic E-state index is 13.5. The summed E-state index contributed by atoms with van der Waals surface area (Å²) >= 11 is 0. The third-order valence-electron chi connectivity index (χ3n) is 3.60. The molecule has 0 spiro atoms. The number of hydrogen-bond acceptors (Lipinski definition) is 2. The number of halogens is 4. The summed E-state index contributed by atoms with van der Waals surface area (Å²) in [6.45, 7) is 0.214. The summed E-state index contributed by atoms with van der Waals surface area (Å²) in [5.74, 6) is -1.80. The predicted molar refractivity (Wildman–Crippen MR) is 67.1 cm³/mol. The van der Waals surface area contributed by atoms with Gasteiger partial charge in [-0.15, -0.1) is 0 Å². The molecule has 1 aromatic rings. The van der Waals surface area contributed by atoms with Crippen molar-refractivity contribution in [2.75, 3.05) is 6.54 Å². The normalized spacial score (nSPS) is 22.3. The molecule has 0 saturated heterocycles. The fourth-order valence-corrected chi connectivity index (χ4v) is 2.44. The molecule has 1 amide bonds. The largest absolute Gasteiger partial charge is 0.416 e. The lowest BCUT2D eigenvalue weighted by Crippen LogP contribution is -2.29. The third-order valence-corrected chi connectivity index (χ3v) is 3.60. The lowest BCUT2D eigenvalue weighted by molar-refractivity contribution is -0.137. The van der Waals surface area contributed by atoms with Crippen LogP contribution in [0.1, 0.15) is 35.2 Å². The minimum atomic E-state index is -4.63. The van der Waals surface area contributed by atoms with Gasteiger partial charge >= 0.3 is 6.18 Å². The average molecular weight is 305 g/mol. The van der Waals surface area contributed by atoms with Gasteiger partial charge in [0.25, 0.3) is 5.91 Å². The van der Waals surface area contributed by atoms with E-state index in [0.717, 1.165) is 6.42 Å². The van der Waals surface area contributed by atoms with E-state index >= 15 is 0 Å². The van der Waals surface area contributed by atoms with E-state index in [1.807, 2.05) is 0 Å². The summed E-state index contributed by atoms with van der Waals surface area (Å²) in [7, 11) is 0. The van der Waals surface area contributed by atoms with Crippen LogP contribution < -0.4 is 5.32 Å². The van der Waals surface area contributed by atoms with Gasteiger partial charge in [-0.2, -0.15) is 13.2 Å². The Morgan fingerprint density at radius 1 is 1.33 bits per heavy atom. The van der Waals surface area contributed by atoms with E-state index in [9.17, 15) is 27.5 Å². The number of aliphatic hydroxyl groups is 1. The summed E-state index contributed by atoms with van der Waals surface area (Å²) in [6.07, 6.45) is -3.13. The van der Waals surface area contributed by atoms with E-state index in [1.165, 1.54) is 0 Å². The smallest absolute Gasteiger partial charge is 0.393 e. The molecule has 0 radical (unpaired) electrons. The van der Waals surface area contributed by atoms with Crippen molar-refractivity contribution in [1.29, 1.82) is 0 Å². The van der Waals surface area contributed by atoms with Crippen molar-refractivity contribution >= 4 is 5.91 Å². The van der Waals surface area contributed by atoms with Gasteiger partial charge in [-0.1, -0.05) is 0 Å². The molecule has 3 nitrogen and oxygen atoms in total. The second-order valence-electron chi connectivity index (χ2n) is 5.24. The van der Waals surface area contributed by atoms with Gasteiger partial charge in [0, 0.05) is 6.54 Å². The highest BCUT2D eigenvalue weighted by Crippen LogP contribution is 2.30. The van der Waals surface area contributed by atoms with Crippen LogP contribution in [0, 0.1) is 11.7 Å². The lowest BCUT2D eigenvalue weighted by Gasteiger charge is -2.13. The molecule has 2 rings (SSSR count). The zero-order valence-corrected chi connectivity index (χ0v) is 11.1. The number of aliphatic hydroxyl groups excluding tert-OH is 1. The minimum absolute atomic E-state index is 0.0674. The molecule has 21 heavy (non-hydrogen) atoms. The van der Waals surface area contributed by atoms with Gasteiger partial charge in [0.15, 0.2) is 0 Å². The number of hydrogen-bond donors (Lipinski definition) is 2. The zero-order valence-electron chi connectivity index (χ0n) is 11.1. The van der Waals surface area contributed by atoms with Crippen LogP contribution in [0.2, 0.25) is 0 Å². The van der Waals surface area contributed by atoms with Crippen LogP contribution in [0.4, 0.5) is 17.6 Å². The SMILES string of the molecule is O=C(NCC1CCC(O)C1)c1cc(C(F)(F)F)ccc1F. The molecule has 1 aliphatic rings. The van der Waals surface area contributed by atoms with E-state index in [1.54, 1.807) is 0 Å². The van der Waals surface area contributed by atoms with Gasteiger partial charge in [0.05, 0.1) is 17.2 Å². The Morgan fingerprint density at radius 2 is 2.05 bits per heavy atom. The molecule has 7 heteroatoms. The first kappa shape index (κ1) is 15.8. The molecule has 2 N–H and O–H groups in total. The molecule has 0 bridgehead atoms. The highest BCUT2D eigenvalue weighted by Gasteiger charge is 2.32. The molecule has 1 aliphatic carbocycles. The number of amides is 1. The van der Waals surface area contributed by atoms with Crippen molar-refractivity contribution in [2.45, 2.75) is 31.5 Å². The first-order chi connectivity index (χ1) is 9.77. The molecule has 1 fully saturated rings. The summed E-state index contributed by atoms with van der Waals surface area (Å²) in [6, 6.07) is 1.74. The van der Waals surface area contributed by atoms with Gasteiger partial charge in [0.2, 0.25) is 0 Å². The fraction of sp³-hybridized carbons (Fsp3) is 0.500. The Balaban J connectivity index is 2.04. The second kappa shape index (κ2) is 6.01. The van der Waals surface area contributed by atoms with Crippen molar-refractivity contribution in [3.8, 4) is 0 Å². The Morgan fingerprint density at radius 3 is 2.62 bits per heavy atom. The highest BCUT2D eigenvalue weighted by atomic mass is 19.4. The molecular formula is C14H15F4NO2. The average Bonchev–Trinajstić information content (AvgIpc) is 2.81. The van der Waals surface area contributed by atoms with Crippen LogP contribution >= 0.6 is 0 Å². The molecule has 1 saturated carbocycles. The van der Waals surface area contributed by atoms with E-state index in [2.05, 4.69) is 5.32 Å². The highest BCUT2D eigenvalue weighted by molar-refractivity contribution is 5.94. The van der Waals surface area contributed by atoms with E-state index in [4.69, 9.17) is 0 Å². The van der Waals surface area contributed by atoms with Crippen molar-refractivity contribution in [3.05, 3.63) is 35.1 Å². The second-order valence-corrected chi connectivity index (χ2v) is 5.24. The lowest BCUT2D eigenvalue weighted by atomic mass is 10.1. The number of rotatable bonds is 3. The summed E-state index contributed by atoms with van der Waals surface area (Å²) in [5, 5.41) is 11.8. The molecule has 0 aromatic heterocycles. The molecule has 1 aromatic carbocycles. The number of carbonyl (C=O) groups is 1. The van der Waals surface area contributed by atoms with Crippen LogP contribution in [0.25, 0.3) is 0 Å². The van der Waals surface area contributed by atoms with Crippen molar-refractivity contribution < 1.29 is 27.5 Å². The zero-order chi connectivity index (χ0) is 15.6. The van der Waals surface area contributed by atoms with Crippen LogP contribution in [-0.2, 0) is 6.18 Å².